The van der Waals surface area contributed by atoms with Gasteiger partial charge in [0, 0.05) is 0 Å². The van der Waals surface area contributed by atoms with Crippen molar-refractivity contribution in [2.45, 2.75) is 13.3 Å². The van der Waals surface area contributed by atoms with Crippen molar-refractivity contribution in [1.82, 2.24) is 4.98 Å². The molecule has 0 saturated heterocycles. The van der Waals surface area contributed by atoms with E-state index >= 15 is 0 Å². The van der Waals surface area contributed by atoms with Gasteiger partial charge in [0.05, 0.1) is 16.1 Å². The number of rotatable bonds is 2. The highest BCUT2D eigenvalue weighted by molar-refractivity contribution is 7.18. The molecule has 0 fully saturated rings. The Morgan fingerprint density at radius 2 is 2.36 bits per heavy atom. The molecule has 72 valence electrons. The van der Waals surface area contributed by atoms with Crippen LogP contribution >= 0.6 is 22.9 Å². The molecule has 0 saturated carbocycles. The first kappa shape index (κ1) is 9.62. The van der Waals surface area contributed by atoms with Gasteiger partial charge in [-0.05, 0) is 19.1 Å². The van der Waals surface area contributed by atoms with Gasteiger partial charge in [-0.1, -0.05) is 17.7 Å². The lowest BCUT2D eigenvalue weighted by Crippen LogP contribution is -1.94. The standard InChI is InChI=1S/C10H8ClNOS/c1-6(13)5-9-12-10-7(11)3-2-4-8(10)14-9/h2-4H,5H2,1H3. The fourth-order valence-electron chi connectivity index (χ4n) is 1.25. The largest absolute Gasteiger partial charge is 0.300 e. The summed E-state index contributed by atoms with van der Waals surface area (Å²) in [4.78, 5) is 15.2. The van der Waals surface area contributed by atoms with E-state index in [1.807, 2.05) is 12.1 Å². The van der Waals surface area contributed by atoms with E-state index in [1.165, 1.54) is 11.3 Å². The van der Waals surface area contributed by atoms with Crippen LogP contribution in [0.25, 0.3) is 10.2 Å². The SMILES string of the molecule is CC(=O)Cc1nc2c(Cl)cccc2s1. The minimum Gasteiger partial charge on any atom is -0.300 e. The van der Waals surface area contributed by atoms with E-state index in [4.69, 9.17) is 11.6 Å². The fraction of sp³-hybridized carbons (Fsp3) is 0.200. The highest BCUT2D eigenvalue weighted by Crippen LogP contribution is 2.27. The molecular weight excluding hydrogens is 218 g/mol. The third-order valence-electron chi connectivity index (χ3n) is 1.81. The predicted octanol–water partition coefficient (Wildman–Crippen LogP) is 3.08. The van der Waals surface area contributed by atoms with Gasteiger partial charge in [-0.2, -0.15) is 0 Å². The first-order valence-electron chi connectivity index (χ1n) is 4.20. The van der Waals surface area contributed by atoms with E-state index in [-0.39, 0.29) is 5.78 Å². The minimum atomic E-state index is 0.125. The van der Waals surface area contributed by atoms with Crippen molar-refractivity contribution in [2.75, 3.05) is 0 Å². The molecule has 0 aliphatic rings. The maximum Gasteiger partial charge on any atom is 0.136 e. The number of hydrogen-bond donors (Lipinski definition) is 0. The lowest BCUT2D eigenvalue weighted by Gasteiger charge is -1.88. The van der Waals surface area contributed by atoms with Crippen LogP contribution < -0.4 is 0 Å². The number of carbonyl (C=O) groups is 1. The molecule has 14 heavy (non-hydrogen) atoms. The van der Waals surface area contributed by atoms with Gasteiger partial charge in [0.2, 0.25) is 0 Å². The summed E-state index contributed by atoms with van der Waals surface area (Å²) in [6.07, 6.45) is 0.398. The second-order valence-electron chi connectivity index (χ2n) is 3.07. The second kappa shape index (κ2) is 3.67. The third-order valence-corrected chi connectivity index (χ3v) is 3.14. The molecule has 0 radical (unpaired) electrons. The molecule has 0 aliphatic carbocycles. The van der Waals surface area contributed by atoms with Gasteiger partial charge in [0.15, 0.2) is 0 Å². The van der Waals surface area contributed by atoms with E-state index < -0.39 is 0 Å². The number of fused-ring (bicyclic) bond motifs is 1. The molecule has 2 nitrogen and oxygen atoms in total. The lowest BCUT2D eigenvalue weighted by molar-refractivity contribution is -0.116. The molecule has 2 aromatic rings. The van der Waals surface area contributed by atoms with Crippen LogP contribution in [-0.2, 0) is 11.2 Å². The Labute approximate surface area is 90.5 Å². The van der Waals surface area contributed by atoms with Crippen LogP contribution in [0.1, 0.15) is 11.9 Å². The van der Waals surface area contributed by atoms with Crippen molar-refractivity contribution >= 4 is 38.9 Å². The molecular formula is C10H8ClNOS. The van der Waals surface area contributed by atoms with E-state index in [1.54, 1.807) is 13.0 Å². The number of hydrogen-bond acceptors (Lipinski definition) is 3. The molecule has 0 amide bonds. The summed E-state index contributed by atoms with van der Waals surface area (Å²) < 4.78 is 1.04. The van der Waals surface area contributed by atoms with Gasteiger partial charge in [0.25, 0.3) is 0 Å². The normalized spacial score (nSPS) is 10.7. The first-order valence-corrected chi connectivity index (χ1v) is 5.39. The zero-order valence-corrected chi connectivity index (χ0v) is 9.15. The van der Waals surface area contributed by atoms with Crippen molar-refractivity contribution in [2.24, 2.45) is 0 Å². The molecule has 1 aromatic heterocycles. The average molecular weight is 226 g/mol. The Bertz CT molecular complexity index is 492. The summed E-state index contributed by atoms with van der Waals surface area (Å²) in [6, 6.07) is 5.66. The van der Waals surface area contributed by atoms with Crippen molar-refractivity contribution in [3.63, 3.8) is 0 Å². The number of para-hydroxylation sites is 1. The fourth-order valence-corrected chi connectivity index (χ4v) is 2.59. The number of ketones is 1. The number of carbonyl (C=O) groups excluding carboxylic acids is 1. The van der Waals surface area contributed by atoms with Crippen LogP contribution in [0.5, 0.6) is 0 Å². The number of nitrogens with zero attached hydrogens (tertiary/aromatic N) is 1. The van der Waals surface area contributed by atoms with Crippen LogP contribution in [-0.4, -0.2) is 10.8 Å². The Morgan fingerprint density at radius 1 is 1.57 bits per heavy atom. The summed E-state index contributed by atoms with van der Waals surface area (Å²) in [7, 11) is 0. The number of thiazole rings is 1. The molecule has 0 atom stereocenters. The molecule has 2 rings (SSSR count). The molecule has 1 heterocycles. The average Bonchev–Trinajstić information content (AvgIpc) is 2.47. The third kappa shape index (κ3) is 1.79. The zero-order chi connectivity index (χ0) is 10.1. The Hall–Kier alpha value is -0.930. The van der Waals surface area contributed by atoms with Crippen molar-refractivity contribution in [3.05, 3.63) is 28.2 Å². The van der Waals surface area contributed by atoms with Gasteiger partial charge in [0.1, 0.15) is 16.3 Å². The Kier molecular flexibility index (Phi) is 2.52. The molecule has 4 heteroatoms. The second-order valence-corrected chi connectivity index (χ2v) is 4.60. The smallest absolute Gasteiger partial charge is 0.136 e. The van der Waals surface area contributed by atoms with Crippen LogP contribution in [0.2, 0.25) is 5.02 Å². The molecule has 0 spiro atoms. The van der Waals surface area contributed by atoms with Gasteiger partial charge in [-0.15, -0.1) is 11.3 Å². The van der Waals surface area contributed by atoms with E-state index in [2.05, 4.69) is 4.98 Å². The molecule has 0 N–H and O–H groups in total. The topological polar surface area (TPSA) is 30.0 Å². The van der Waals surface area contributed by atoms with Crippen LogP contribution in [0.15, 0.2) is 18.2 Å². The first-order chi connectivity index (χ1) is 6.66. The lowest BCUT2D eigenvalue weighted by atomic mass is 10.3. The zero-order valence-electron chi connectivity index (χ0n) is 7.58. The highest BCUT2D eigenvalue weighted by Gasteiger charge is 2.07. The van der Waals surface area contributed by atoms with Gasteiger partial charge in [-0.3, -0.25) is 4.79 Å². The summed E-state index contributed by atoms with van der Waals surface area (Å²) in [6.45, 7) is 1.56. The van der Waals surface area contributed by atoms with E-state index in [0.717, 1.165) is 15.2 Å². The van der Waals surface area contributed by atoms with E-state index in [9.17, 15) is 4.79 Å². The quantitative estimate of drug-likeness (QED) is 0.786. The maximum atomic E-state index is 10.9. The number of benzene rings is 1. The Balaban J connectivity index is 2.51. The predicted molar refractivity (Wildman–Crippen MR) is 59.0 cm³/mol. The highest BCUT2D eigenvalue weighted by atomic mass is 35.5. The van der Waals surface area contributed by atoms with Crippen LogP contribution in [0, 0.1) is 0 Å². The summed E-state index contributed by atoms with van der Waals surface area (Å²) >= 11 is 7.49. The summed E-state index contributed by atoms with van der Waals surface area (Å²) in [5.74, 6) is 0.125. The molecule has 0 bridgehead atoms. The monoisotopic (exact) mass is 225 g/mol. The molecule has 0 unspecified atom stereocenters. The Morgan fingerprint density at radius 3 is 3.00 bits per heavy atom. The maximum absolute atomic E-state index is 10.9. The van der Waals surface area contributed by atoms with Gasteiger partial charge < -0.3 is 0 Å². The van der Waals surface area contributed by atoms with Crippen LogP contribution in [0.3, 0.4) is 0 Å². The van der Waals surface area contributed by atoms with Crippen molar-refractivity contribution < 1.29 is 4.79 Å². The van der Waals surface area contributed by atoms with Crippen LogP contribution in [0.4, 0.5) is 0 Å². The molecule has 0 aliphatic heterocycles. The summed E-state index contributed by atoms with van der Waals surface area (Å²) in [5.41, 5.74) is 0.801. The number of halogens is 1. The van der Waals surface area contributed by atoms with E-state index in [0.29, 0.717) is 11.4 Å². The molecule has 1 aromatic carbocycles. The van der Waals surface area contributed by atoms with Gasteiger partial charge >= 0.3 is 0 Å². The van der Waals surface area contributed by atoms with Crippen molar-refractivity contribution in [1.29, 1.82) is 0 Å². The van der Waals surface area contributed by atoms with Crippen molar-refractivity contribution in [3.8, 4) is 0 Å². The number of Topliss-reactive ketones (excluding diaryl/α,β-unsaturated/α-hetero) is 1. The summed E-state index contributed by atoms with van der Waals surface area (Å²) in [5, 5.41) is 1.48. The minimum absolute atomic E-state index is 0.125. The number of aromatic nitrogens is 1. The van der Waals surface area contributed by atoms with Gasteiger partial charge in [-0.25, -0.2) is 4.98 Å².